The molecule has 7 nitrogen and oxygen atoms in total. The zero-order valence-electron chi connectivity index (χ0n) is 17.8. The van der Waals surface area contributed by atoms with Crippen molar-refractivity contribution in [1.82, 2.24) is 19.9 Å². The highest BCUT2D eigenvalue weighted by atomic mass is 16.5. The maximum atomic E-state index is 12.6. The van der Waals surface area contributed by atoms with E-state index in [0.29, 0.717) is 12.4 Å². The molecule has 0 saturated carbocycles. The van der Waals surface area contributed by atoms with Gasteiger partial charge in [0.15, 0.2) is 0 Å². The van der Waals surface area contributed by atoms with Crippen molar-refractivity contribution in [3.63, 3.8) is 0 Å². The first-order valence-electron chi connectivity index (χ1n) is 10.8. The number of aromatic amines is 1. The lowest BCUT2D eigenvalue weighted by atomic mass is 10.0. The SMILES string of the molecule is Cc1cc(N2CCOCC2)ccc1CN1CCc2c(nc(-c3cccnc3)[nH]c2=O)C1. The van der Waals surface area contributed by atoms with Gasteiger partial charge in [-0.3, -0.25) is 14.7 Å². The number of aromatic nitrogens is 3. The molecule has 2 aromatic heterocycles. The van der Waals surface area contributed by atoms with Gasteiger partial charge in [0.1, 0.15) is 5.82 Å². The molecule has 0 spiro atoms. The highest BCUT2D eigenvalue weighted by molar-refractivity contribution is 5.53. The van der Waals surface area contributed by atoms with Crippen LogP contribution in [0.25, 0.3) is 11.4 Å². The van der Waals surface area contributed by atoms with Gasteiger partial charge in [-0.25, -0.2) is 4.98 Å². The Balaban J connectivity index is 1.34. The van der Waals surface area contributed by atoms with Crippen LogP contribution in [0.3, 0.4) is 0 Å². The summed E-state index contributed by atoms with van der Waals surface area (Å²) in [5.41, 5.74) is 6.36. The molecule has 0 aliphatic carbocycles. The Morgan fingerprint density at radius 3 is 2.81 bits per heavy atom. The maximum absolute atomic E-state index is 12.6. The molecular formula is C24H27N5O2. The van der Waals surface area contributed by atoms with Crippen LogP contribution in [0, 0.1) is 6.92 Å². The van der Waals surface area contributed by atoms with E-state index in [1.54, 1.807) is 12.4 Å². The maximum Gasteiger partial charge on any atom is 0.254 e. The first-order chi connectivity index (χ1) is 15.2. The molecule has 1 aromatic carbocycles. The number of anilines is 1. The Hall–Kier alpha value is -3.03. The van der Waals surface area contributed by atoms with E-state index < -0.39 is 0 Å². The van der Waals surface area contributed by atoms with Crippen molar-refractivity contribution in [2.75, 3.05) is 37.7 Å². The molecule has 0 atom stereocenters. The number of hydrogen-bond acceptors (Lipinski definition) is 6. The third-order valence-electron chi connectivity index (χ3n) is 6.18. The molecule has 7 heteroatoms. The molecule has 0 amide bonds. The molecule has 2 aliphatic rings. The number of rotatable bonds is 4. The zero-order valence-corrected chi connectivity index (χ0v) is 17.8. The van der Waals surface area contributed by atoms with Crippen molar-refractivity contribution in [3.05, 3.63) is 75.5 Å². The molecule has 0 radical (unpaired) electrons. The molecule has 4 heterocycles. The van der Waals surface area contributed by atoms with Gasteiger partial charge in [-0.15, -0.1) is 0 Å². The topological polar surface area (TPSA) is 74.3 Å². The predicted octanol–water partition coefficient (Wildman–Crippen LogP) is 2.54. The minimum Gasteiger partial charge on any atom is -0.378 e. The smallest absolute Gasteiger partial charge is 0.254 e. The summed E-state index contributed by atoms with van der Waals surface area (Å²) in [7, 11) is 0. The van der Waals surface area contributed by atoms with Crippen molar-refractivity contribution < 1.29 is 4.74 Å². The fourth-order valence-electron chi connectivity index (χ4n) is 4.38. The Kier molecular flexibility index (Phi) is 5.53. The molecule has 0 bridgehead atoms. The molecule has 0 unspecified atom stereocenters. The normalized spacial score (nSPS) is 16.9. The minimum atomic E-state index is -0.0328. The van der Waals surface area contributed by atoms with Gasteiger partial charge in [-0.1, -0.05) is 6.07 Å². The molecule has 1 fully saturated rings. The van der Waals surface area contributed by atoms with E-state index in [4.69, 9.17) is 9.72 Å². The third-order valence-corrected chi connectivity index (χ3v) is 6.18. The van der Waals surface area contributed by atoms with Crippen molar-refractivity contribution in [2.45, 2.75) is 26.4 Å². The molecule has 160 valence electrons. The van der Waals surface area contributed by atoms with Crippen LogP contribution in [-0.4, -0.2) is 52.7 Å². The van der Waals surface area contributed by atoms with Crippen LogP contribution in [0.5, 0.6) is 0 Å². The minimum absolute atomic E-state index is 0.0328. The van der Waals surface area contributed by atoms with Crippen LogP contribution >= 0.6 is 0 Å². The summed E-state index contributed by atoms with van der Waals surface area (Å²) >= 11 is 0. The van der Waals surface area contributed by atoms with E-state index in [1.807, 2.05) is 12.1 Å². The van der Waals surface area contributed by atoms with E-state index in [2.05, 4.69) is 44.9 Å². The van der Waals surface area contributed by atoms with E-state index >= 15 is 0 Å². The van der Waals surface area contributed by atoms with Crippen LogP contribution in [0.4, 0.5) is 5.69 Å². The number of morpholine rings is 1. The number of benzene rings is 1. The monoisotopic (exact) mass is 417 g/mol. The van der Waals surface area contributed by atoms with Crippen molar-refractivity contribution >= 4 is 5.69 Å². The van der Waals surface area contributed by atoms with Crippen LogP contribution in [0.1, 0.15) is 22.4 Å². The van der Waals surface area contributed by atoms with E-state index in [0.717, 1.165) is 62.6 Å². The van der Waals surface area contributed by atoms with Crippen LogP contribution in [0.15, 0.2) is 47.5 Å². The predicted molar refractivity (Wildman–Crippen MR) is 120 cm³/mol. The van der Waals surface area contributed by atoms with E-state index in [1.165, 1.54) is 16.8 Å². The highest BCUT2D eigenvalue weighted by Crippen LogP contribution is 2.24. The van der Waals surface area contributed by atoms with Crippen molar-refractivity contribution in [2.24, 2.45) is 0 Å². The van der Waals surface area contributed by atoms with Gasteiger partial charge >= 0.3 is 0 Å². The number of nitrogens with one attached hydrogen (secondary N) is 1. The highest BCUT2D eigenvalue weighted by Gasteiger charge is 2.22. The van der Waals surface area contributed by atoms with E-state index in [9.17, 15) is 4.79 Å². The number of hydrogen-bond donors (Lipinski definition) is 1. The second-order valence-corrected chi connectivity index (χ2v) is 8.25. The van der Waals surface area contributed by atoms with Crippen LogP contribution in [-0.2, 0) is 24.2 Å². The number of fused-ring (bicyclic) bond motifs is 1. The number of aryl methyl sites for hydroxylation is 1. The molecule has 2 aliphatic heterocycles. The second kappa shape index (κ2) is 8.61. The van der Waals surface area contributed by atoms with Gasteiger partial charge in [0, 0.05) is 61.9 Å². The summed E-state index contributed by atoms with van der Waals surface area (Å²) in [6.07, 6.45) is 4.16. The quantitative estimate of drug-likeness (QED) is 0.703. The van der Waals surface area contributed by atoms with Gasteiger partial charge in [-0.05, 0) is 48.7 Å². The van der Waals surface area contributed by atoms with Gasteiger partial charge < -0.3 is 14.6 Å². The summed E-state index contributed by atoms with van der Waals surface area (Å²) in [6.45, 7) is 8.04. The lowest BCUT2D eigenvalue weighted by Crippen LogP contribution is -2.36. The Morgan fingerprint density at radius 1 is 1.16 bits per heavy atom. The largest absolute Gasteiger partial charge is 0.378 e. The number of H-pyrrole nitrogens is 1. The second-order valence-electron chi connectivity index (χ2n) is 8.25. The molecule has 1 saturated heterocycles. The molecule has 5 rings (SSSR count). The van der Waals surface area contributed by atoms with Crippen LogP contribution < -0.4 is 10.5 Å². The molecule has 1 N–H and O–H groups in total. The molecule has 3 aromatic rings. The van der Waals surface area contributed by atoms with Crippen LogP contribution in [0.2, 0.25) is 0 Å². The average Bonchev–Trinajstić information content (AvgIpc) is 2.81. The Morgan fingerprint density at radius 2 is 2.03 bits per heavy atom. The van der Waals surface area contributed by atoms with Gasteiger partial charge in [0.25, 0.3) is 5.56 Å². The molecular weight excluding hydrogens is 390 g/mol. The number of ether oxygens (including phenoxy) is 1. The summed E-state index contributed by atoms with van der Waals surface area (Å²) < 4.78 is 5.47. The summed E-state index contributed by atoms with van der Waals surface area (Å²) in [6, 6.07) is 10.5. The Bertz CT molecular complexity index is 1120. The van der Waals surface area contributed by atoms with Crippen molar-refractivity contribution in [3.8, 4) is 11.4 Å². The summed E-state index contributed by atoms with van der Waals surface area (Å²) in [4.78, 5) is 29.2. The first-order valence-corrected chi connectivity index (χ1v) is 10.8. The molecule has 31 heavy (non-hydrogen) atoms. The van der Waals surface area contributed by atoms with E-state index in [-0.39, 0.29) is 5.56 Å². The lowest BCUT2D eigenvalue weighted by Gasteiger charge is -2.30. The van der Waals surface area contributed by atoms with Gasteiger partial charge in [-0.2, -0.15) is 0 Å². The number of nitrogens with zero attached hydrogens (tertiary/aromatic N) is 4. The van der Waals surface area contributed by atoms with Gasteiger partial charge in [0.05, 0.1) is 18.9 Å². The zero-order chi connectivity index (χ0) is 21.2. The fraction of sp³-hybridized carbons (Fsp3) is 0.375. The third kappa shape index (κ3) is 4.24. The lowest BCUT2D eigenvalue weighted by molar-refractivity contribution is 0.122. The Labute approximate surface area is 181 Å². The average molecular weight is 418 g/mol. The summed E-state index contributed by atoms with van der Waals surface area (Å²) in [5, 5.41) is 0. The summed E-state index contributed by atoms with van der Waals surface area (Å²) in [5.74, 6) is 0.588. The number of pyridine rings is 1. The van der Waals surface area contributed by atoms with Gasteiger partial charge in [0.2, 0.25) is 0 Å². The van der Waals surface area contributed by atoms with Crippen molar-refractivity contribution in [1.29, 1.82) is 0 Å². The first kappa shape index (κ1) is 19.9. The fourth-order valence-corrected chi connectivity index (χ4v) is 4.38. The standard InChI is InChI=1S/C24H27N5O2/c1-17-13-20(29-9-11-31-12-10-29)5-4-19(17)15-28-8-6-21-22(16-28)26-23(27-24(21)30)18-3-2-7-25-14-18/h2-5,7,13-14H,6,8-12,15-16H2,1H3,(H,26,27,30).